The minimum absolute atomic E-state index is 0.199. The standard InChI is InChI=1S/C16H25IN2OS/c1-16(2,19-6-8-20-9-7-19)11-18-13-4-3-5-14-12(13)10-15(17)21-14/h10,13,18H,3-9,11H2,1-2H3. The van der Waals surface area contributed by atoms with E-state index in [2.05, 4.69) is 52.7 Å². The summed E-state index contributed by atoms with van der Waals surface area (Å²) in [6.07, 6.45) is 3.87. The Kier molecular flexibility index (Phi) is 5.26. The Morgan fingerprint density at radius 2 is 2.19 bits per heavy atom. The van der Waals surface area contributed by atoms with Crippen LogP contribution in [-0.2, 0) is 11.2 Å². The smallest absolute Gasteiger partial charge is 0.0659 e. The van der Waals surface area contributed by atoms with Crippen molar-refractivity contribution in [2.45, 2.75) is 44.7 Å². The zero-order valence-electron chi connectivity index (χ0n) is 13.0. The van der Waals surface area contributed by atoms with Gasteiger partial charge in [-0.2, -0.15) is 0 Å². The zero-order chi connectivity index (χ0) is 14.9. The number of hydrogen-bond donors (Lipinski definition) is 1. The molecule has 3 rings (SSSR count). The molecule has 2 heterocycles. The largest absolute Gasteiger partial charge is 0.379 e. The van der Waals surface area contributed by atoms with Crippen LogP contribution in [0.15, 0.2) is 6.07 Å². The van der Waals surface area contributed by atoms with Crippen LogP contribution in [0.25, 0.3) is 0 Å². The van der Waals surface area contributed by atoms with Gasteiger partial charge in [0.2, 0.25) is 0 Å². The molecule has 0 aromatic carbocycles. The van der Waals surface area contributed by atoms with E-state index in [1.54, 1.807) is 10.4 Å². The maximum Gasteiger partial charge on any atom is 0.0659 e. The Morgan fingerprint density at radius 3 is 2.95 bits per heavy atom. The van der Waals surface area contributed by atoms with Gasteiger partial charge in [-0.15, -0.1) is 11.3 Å². The van der Waals surface area contributed by atoms with Gasteiger partial charge < -0.3 is 10.1 Å². The molecule has 1 aliphatic carbocycles. The number of morpholine rings is 1. The Bertz CT molecular complexity index is 483. The SMILES string of the molecule is CC(C)(CNC1CCCc2sc(I)cc21)N1CCOCC1. The fourth-order valence-corrected chi connectivity index (χ4v) is 5.51. The molecule has 1 aromatic rings. The van der Waals surface area contributed by atoms with E-state index in [1.807, 2.05) is 11.3 Å². The monoisotopic (exact) mass is 420 g/mol. The minimum atomic E-state index is 0.199. The highest BCUT2D eigenvalue weighted by Gasteiger charge is 2.30. The van der Waals surface area contributed by atoms with Gasteiger partial charge in [0, 0.05) is 36.1 Å². The molecule has 1 fully saturated rings. The molecular weight excluding hydrogens is 395 g/mol. The summed E-state index contributed by atoms with van der Waals surface area (Å²) in [6, 6.07) is 2.94. The molecular formula is C16H25IN2OS. The summed E-state index contributed by atoms with van der Waals surface area (Å²) in [5, 5.41) is 3.85. The third kappa shape index (κ3) is 3.80. The highest BCUT2D eigenvalue weighted by atomic mass is 127. The van der Waals surface area contributed by atoms with E-state index in [9.17, 15) is 0 Å². The number of nitrogens with one attached hydrogen (secondary N) is 1. The Morgan fingerprint density at radius 1 is 1.43 bits per heavy atom. The number of rotatable bonds is 4. The third-order valence-corrected chi connectivity index (χ3v) is 6.70. The zero-order valence-corrected chi connectivity index (χ0v) is 15.9. The summed E-state index contributed by atoms with van der Waals surface area (Å²) >= 11 is 4.43. The third-order valence-electron chi connectivity index (χ3n) is 4.73. The molecule has 1 N–H and O–H groups in total. The highest BCUT2D eigenvalue weighted by molar-refractivity contribution is 14.1. The number of ether oxygens (including phenoxy) is 1. The first-order chi connectivity index (χ1) is 10.1. The van der Waals surface area contributed by atoms with Crippen molar-refractivity contribution in [1.29, 1.82) is 0 Å². The minimum Gasteiger partial charge on any atom is -0.379 e. The lowest BCUT2D eigenvalue weighted by Gasteiger charge is -2.42. The van der Waals surface area contributed by atoms with Gasteiger partial charge in [0.25, 0.3) is 0 Å². The van der Waals surface area contributed by atoms with Crippen LogP contribution >= 0.6 is 33.9 Å². The number of fused-ring (bicyclic) bond motifs is 1. The molecule has 1 aliphatic heterocycles. The number of halogens is 1. The van der Waals surface area contributed by atoms with E-state index < -0.39 is 0 Å². The normalized spacial score (nSPS) is 24.0. The average molecular weight is 420 g/mol. The summed E-state index contributed by atoms with van der Waals surface area (Å²) in [5.41, 5.74) is 1.76. The van der Waals surface area contributed by atoms with Gasteiger partial charge in [0.15, 0.2) is 0 Å². The van der Waals surface area contributed by atoms with Crippen molar-refractivity contribution in [2.75, 3.05) is 32.8 Å². The van der Waals surface area contributed by atoms with Gasteiger partial charge in [-0.25, -0.2) is 0 Å². The van der Waals surface area contributed by atoms with E-state index in [0.29, 0.717) is 6.04 Å². The Hall–Kier alpha value is 0.310. The van der Waals surface area contributed by atoms with Crippen molar-refractivity contribution < 1.29 is 4.74 Å². The van der Waals surface area contributed by atoms with E-state index in [4.69, 9.17) is 4.74 Å². The summed E-state index contributed by atoms with van der Waals surface area (Å²) in [4.78, 5) is 4.16. The first-order valence-electron chi connectivity index (χ1n) is 7.90. The molecule has 3 nitrogen and oxygen atoms in total. The molecule has 2 aliphatic rings. The molecule has 0 radical (unpaired) electrons. The van der Waals surface area contributed by atoms with Gasteiger partial charge in [-0.3, -0.25) is 4.90 Å². The van der Waals surface area contributed by atoms with Gasteiger partial charge in [-0.1, -0.05) is 0 Å². The maximum atomic E-state index is 5.48. The first-order valence-corrected chi connectivity index (χ1v) is 9.80. The van der Waals surface area contributed by atoms with Crippen molar-refractivity contribution >= 4 is 33.9 Å². The van der Waals surface area contributed by atoms with Crippen LogP contribution < -0.4 is 5.32 Å². The molecule has 1 aromatic heterocycles. The second-order valence-corrected chi connectivity index (χ2v) is 9.70. The summed E-state index contributed by atoms with van der Waals surface area (Å²) < 4.78 is 6.91. The van der Waals surface area contributed by atoms with Crippen molar-refractivity contribution in [3.63, 3.8) is 0 Å². The number of hydrogen-bond acceptors (Lipinski definition) is 4. The van der Waals surface area contributed by atoms with Crippen molar-refractivity contribution in [1.82, 2.24) is 10.2 Å². The Balaban J connectivity index is 1.62. The van der Waals surface area contributed by atoms with E-state index in [0.717, 1.165) is 32.8 Å². The van der Waals surface area contributed by atoms with Gasteiger partial charge in [0.1, 0.15) is 0 Å². The topological polar surface area (TPSA) is 24.5 Å². The predicted molar refractivity (Wildman–Crippen MR) is 97.2 cm³/mol. The van der Waals surface area contributed by atoms with Gasteiger partial charge in [0.05, 0.1) is 16.1 Å². The van der Waals surface area contributed by atoms with Gasteiger partial charge in [-0.05, 0) is 67.3 Å². The quantitative estimate of drug-likeness (QED) is 0.756. The number of thiophene rings is 1. The predicted octanol–water partition coefficient (Wildman–Crippen LogP) is 3.43. The van der Waals surface area contributed by atoms with Crippen LogP contribution in [0.3, 0.4) is 0 Å². The lowest BCUT2D eigenvalue weighted by molar-refractivity contribution is -0.0105. The first kappa shape index (κ1) is 16.2. The lowest BCUT2D eigenvalue weighted by atomic mass is 9.92. The van der Waals surface area contributed by atoms with E-state index in [1.165, 1.54) is 22.1 Å². The fraction of sp³-hybridized carbons (Fsp3) is 0.750. The summed E-state index contributed by atoms with van der Waals surface area (Å²) in [6.45, 7) is 9.61. The molecule has 1 saturated heterocycles. The summed E-state index contributed by atoms with van der Waals surface area (Å²) in [5.74, 6) is 0. The van der Waals surface area contributed by atoms with Crippen LogP contribution in [0.1, 0.15) is 43.2 Å². The molecule has 0 spiro atoms. The van der Waals surface area contributed by atoms with Crippen LogP contribution in [0.2, 0.25) is 0 Å². The van der Waals surface area contributed by atoms with Crippen LogP contribution in [-0.4, -0.2) is 43.3 Å². The molecule has 21 heavy (non-hydrogen) atoms. The Labute approximate surface area is 145 Å². The molecule has 0 amide bonds. The molecule has 118 valence electrons. The molecule has 0 saturated carbocycles. The fourth-order valence-electron chi connectivity index (χ4n) is 3.39. The maximum absolute atomic E-state index is 5.48. The second-order valence-electron chi connectivity index (χ2n) is 6.67. The number of aryl methyl sites for hydroxylation is 1. The van der Waals surface area contributed by atoms with Crippen molar-refractivity contribution in [3.05, 3.63) is 19.4 Å². The lowest BCUT2D eigenvalue weighted by Crippen LogP contribution is -2.55. The van der Waals surface area contributed by atoms with Crippen LogP contribution in [0, 0.1) is 2.88 Å². The van der Waals surface area contributed by atoms with Crippen LogP contribution in [0.4, 0.5) is 0 Å². The highest BCUT2D eigenvalue weighted by Crippen LogP contribution is 2.36. The van der Waals surface area contributed by atoms with E-state index >= 15 is 0 Å². The molecule has 1 atom stereocenters. The molecule has 5 heteroatoms. The van der Waals surface area contributed by atoms with Crippen molar-refractivity contribution in [2.24, 2.45) is 0 Å². The van der Waals surface area contributed by atoms with E-state index in [-0.39, 0.29) is 5.54 Å². The second kappa shape index (κ2) is 6.83. The molecule has 0 bridgehead atoms. The summed E-state index contributed by atoms with van der Waals surface area (Å²) in [7, 11) is 0. The molecule has 1 unspecified atom stereocenters. The van der Waals surface area contributed by atoms with Crippen molar-refractivity contribution in [3.8, 4) is 0 Å². The van der Waals surface area contributed by atoms with Gasteiger partial charge >= 0.3 is 0 Å². The number of nitrogens with zero attached hydrogens (tertiary/aromatic N) is 1. The average Bonchev–Trinajstić information content (AvgIpc) is 2.87. The van der Waals surface area contributed by atoms with Crippen LogP contribution in [0.5, 0.6) is 0 Å².